The Morgan fingerprint density at radius 3 is 2.79 bits per heavy atom. The van der Waals surface area contributed by atoms with E-state index >= 15 is 0 Å². The minimum atomic E-state index is -0.145. The van der Waals surface area contributed by atoms with E-state index in [1.807, 2.05) is 38.1 Å². The van der Waals surface area contributed by atoms with Crippen LogP contribution in [0.2, 0.25) is 0 Å². The van der Waals surface area contributed by atoms with Crippen molar-refractivity contribution in [3.8, 4) is 0 Å². The molecular formula is C14H17N3O2. The summed E-state index contributed by atoms with van der Waals surface area (Å²) in [5.41, 5.74) is 4.72. The number of anilines is 1. The van der Waals surface area contributed by atoms with Gasteiger partial charge in [-0.05, 0) is 31.5 Å². The molecule has 0 radical (unpaired) electrons. The van der Waals surface area contributed by atoms with Gasteiger partial charge in [0.2, 0.25) is 5.91 Å². The first-order valence-corrected chi connectivity index (χ1v) is 6.35. The average molecular weight is 259 g/mol. The number of amides is 2. The molecule has 5 heteroatoms. The van der Waals surface area contributed by atoms with Crippen LogP contribution < -0.4 is 10.3 Å². The Kier molecular flexibility index (Phi) is 3.94. The van der Waals surface area contributed by atoms with Crippen LogP contribution in [0.5, 0.6) is 0 Å². The number of rotatable bonds is 3. The second-order valence-corrected chi connectivity index (χ2v) is 4.48. The van der Waals surface area contributed by atoms with Crippen molar-refractivity contribution in [3.05, 3.63) is 29.8 Å². The van der Waals surface area contributed by atoms with Crippen molar-refractivity contribution < 1.29 is 9.59 Å². The predicted molar refractivity (Wildman–Crippen MR) is 74.0 cm³/mol. The van der Waals surface area contributed by atoms with Crippen LogP contribution in [0.25, 0.3) is 0 Å². The van der Waals surface area contributed by atoms with Crippen molar-refractivity contribution in [2.45, 2.75) is 26.7 Å². The summed E-state index contributed by atoms with van der Waals surface area (Å²) in [6, 6.07) is 7.77. The van der Waals surface area contributed by atoms with Crippen LogP contribution in [0.4, 0.5) is 5.69 Å². The van der Waals surface area contributed by atoms with Gasteiger partial charge in [-0.25, -0.2) is 5.43 Å². The van der Waals surface area contributed by atoms with Crippen LogP contribution in [0.1, 0.15) is 25.3 Å². The smallest absolute Gasteiger partial charge is 0.274 e. The second kappa shape index (κ2) is 5.65. The molecule has 2 amide bonds. The fourth-order valence-corrected chi connectivity index (χ4v) is 2.02. The summed E-state index contributed by atoms with van der Waals surface area (Å²) in [6.45, 7) is 4.47. The Morgan fingerprint density at radius 2 is 2.21 bits per heavy atom. The van der Waals surface area contributed by atoms with Gasteiger partial charge in [0.1, 0.15) is 5.71 Å². The quantitative estimate of drug-likeness (QED) is 0.896. The average Bonchev–Trinajstić information content (AvgIpc) is 2.40. The molecule has 0 saturated heterocycles. The number of hydrogen-bond acceptors (Lipinski definition) is 3. The van der Waals surface area contributed by atoms with Crippen molar-refractivity contribution in [1.82, 2.24) is 5.43 Å². The highest BCUT2D eigenvalue weighted by atomic mass is 16.2. The van der Waals surface area contributed by atoms with Crippen molar-refractivity contribution in [2.24, 2.45) is 5.10 Å². The summed E-state index contributed by atoms with van der Waals surface area (Å²) < 4.78 is 0. The predicted octanol–water partition coefficient (Wildman–Crippen LogP) is 1.61. The molecule has 1 aliphatic rings. The highest BCUT2D eigenvalue weighted by Crippen LogP contribution is 2.17. The Bertz CT molecular complexity index is 537. The lowest BCUT2D eigenvalue weighted by Gasteiger charge is -2.23. The van der Waals surface area contributed by atoms with Crippen molar-refractivity contribution in [3.63, 3.8) is 0 Å². The lowest BCUT2D eigenvalue weighted by molar-refractivity contribution is -0.121. The topological polar surface area (TPSA) is 61.8 Å². The normalized spacial score (nSPS) is 14.6. The summed E-state index contributed by atoms with van der Waals surface area (Å²) in [5, 5.41) is 3.85. The Hall–Kier alpha value is -2.17. The molecule has 0 atom stereocenters. The minimum Gasteiger partial charge on any atom is -0.308 e. The van der Waals surface area contributed by atoms with Crippen LogP contribution in [0.15, 0.2) is 29.4 Å². The lowest BCUT2D eigenvalue weighted by Crippen LogP contribution is -2.40. The SMILES string of the molecule is CCN(C(=O)C1=NNC(=O)CC1)c1cccc(C)c1. The number of nitrogens with one attached hydrogen (secondary N) is 1. The van der Waals surface area contributed by atoms with Gasteiger partial charge in [0.15, 0.2) is 0 Å². The standard InChI is InChI=1S/C14H17N3O2/c1-3-17(11-6-4-5-10(2)9-11)14(19)12-7-8-13(18)16-15-12/h4-6,9H,3,7-8H2,1-2H3,(H,16,18). The van der Waals surface area contributed by atoms with Gasteiger partial charge >= 0.3 is 0 Å². The van der Waals surface area contributed by atoms with Gasteiger partial charge in [0.25, 0.3) is 5.91 Å². The van der Waals surface area contributed by atoms with Gasteiger partial charge in [-0.15, -0.1) is 0 Å². The summed E-state index contributed by atoms with van der Waals surface area (Å²) in [6.07, 6.45) is 0.711. The maximum atomic E-state index is 12.4. The number of carbonyl (C=O) groups is 2. The maximum absolute atomic E-state index is 12.4. The molecule has 0 saturated carbocycles. The zero-order chi connectivity index (χ0) is 13.8. The van der Waals surface area contributed by atoms with Crippen molar-refractivity contribution >= 4 is 23.2 Å². The van der Waals surface area contributed by atoms with E-state index < -0.39 is 0 Å². The van der Waals surface area contributed by atoms with Gasteiger partial charge < -0.3 is 4.90 Å². The van der Waals surface area contributed by atoms with E-state index in [0.717, 1.165) is 11.3 Å². The summed E-state index contributed by atoms with van der Waals surface area (Å²) in [7, 11) is 0. The monoisotopic (exact) mass is 259 g/mol. The van der Waals surface area contributed by atoms with Crippen molar-refractivity contribution in [2.75, 3.05) is 11.4 Å². The number of hydrogen-bond donors (Lipinski definition) is 1. The first kappa shape index (κ1) is 13.3. The van der Waals surface area contributed by atoms with E-state index in [4.69, 9.17) is 0 Å². The lowest BCUT2D eigenvalue weighted by atomic mass is 10.1. The third-order valence-electron chi connectivity index (χ3n) is 3.03. The highest BCUT2D eigenvalue weighted by molar-refractivity contribution is 6.44. The Balaban J connectivity index is 2.22. The molecule has 5 nitrogen and oxygen atoms in total. The number of nitrogens with zero attached hydrogens (tertiary/aromatic N) is 2. The molecule has 1 aromatic rings. The molecule has 1 heterocycles. The van der Waals surface area contributed by atoms with Gasteiger partial charge in [-0.3, -0.25) is 9.59 Å². The second-order valence-electron chi connectivity index (χ2n) is 4.48. The summed E-state index contributed by atoms with van der Waals surface area (Å²) in [4.78, 5) is 25.1. The summed E-state index contributed by atoms with van der Waals surface area (Å²) >= 11 is 0. The number of benzene rings is 1. The third-order valence-corrected chi connectivity index (χ3v) is 3.03. The van der Waals surface area contributed by atoms with E-state index in [0.29, 0.717) is 25.1 Å². The zero-order valence-corrected chi connectivity index (χ0v) is 11.1. The fourth-order valence-electron chi connectivity index (χ4n) is 2.02. The Morgan fingerprint density at radius 1 is 1.42 bits per heavy atom. The van der Waals surface area contributed by atoms with Crippen LogP contribution >= 0.6 is 0 Å². The largest absolute Gasteiger partial charge is 0.308 e. The molecule has 19 heavy (non-hydrogen) atoms. The fraction of sp³-hybridized carbons (Fsp3) is 0.357. The molecule has 0 unspecified atom stereocenters. The van der Waals surface area contributed by atoms with Crippen LogP contribution in [-0.4, -0.2) is 24.1 Å². The van der Waals surface area contributed by atoms with Crippen molar-refractivity contribution in [1.29, 1.82) is 0 Å². The molecule has 0 fully saturated rings. The molecule has 1 aromatic carbocycles. The van der Waals surface area contributed by atoms with Crippen LogP contribution in [-0.2, 0) is 9.59 Å². The Labute approximate surface area is 112 Å². The minimum absolute atomic E-state index is 0.143. The number of carbonyl (C=O) groups excluding carboxylic acids is 2. The number of hydrazone groups is 1. The first-order chi connectivity index (χ1) is 9.11. The molecule has 0 spiro atoms. The molecule has 0 aromatic heterocycles. The number of aryl methyl sites for hydroxylation is 1. The molecule has 0 bridgehead atoms. The van der Waals surface area contributed by atoms with Gasteiger partial charge in [-0.2, -0.15) is 5.10 Å². The van der Waals surface area contributed by atoms with E-state index in [-0.39, 0.29) is 11.8 Å². The van der Waals surface area contributed by atoms with E-state index in [1.54, 1.807) is 4.90 Å². The molecule has 2 rings (SSSR count). The van der Waals surface area contributed by atoms with E-state index in [2.05, 4.69) is 10.5 Å². The zero-order valence-electron chi connectivity index (χ0n) is 11.1. The van der Waals surface area contributed by atoms with E-state index in [9.17, 15) is 9.59 Å². The highest BCUT2D eigenvalue weighted by Gasteiger charge is 2.23. The van der Waals surface area contributed by atoms with E-state index in [1.165, 1.54) is 0 Å². The molecular weight excluding hydrogens is 242 g/mol. The molecule has 0 aliphatic carbocycles. The van der Waals surface area contributed by atoms with Gasteiger partial charge in [0.05, 0.1) is 0 Å². The van der Waals surface area contributed by atoms with Gasteiger partial charge in [0, 0.05) is 25.1 Å². The van der Waals surface area contributed by atoms with Gasteiger partial charge in [-0.1, -0.05) is 12.1 Å². The molecule has 100 valence electrons. The summed E-state index contributed by atoms with van der Waals surface area (Å²) in [5.74, 6) is -0.289. The third kappa shape index (κ3) is 2.99. The maximum Gasteiger partial charge on any atom is 0.274 e. The van der Waals surface area contributed by atoms with Crippen LogP contribution in [0.3, 0.4) is 0 Å². The first-order valence-electron chi connectivity index (χ1n) is 6.35. The van der Waals surface area contributed by atoms with Crippen LogP contribution in [0, 0.1) is 6.92 Å². The molecule has 1 aliphatic heterocycles. The molecule has 1 N–H and O–H groups in total.